The van der Waals surface area contributed by atoms with Crippen molar-refractivity contribution in [3.63, 3.8) is 0 Å². The third-order valence-corrected chi connectivity index (χ3v) is 2.23. The Morgan fingerprint density at radius 1 is 1.40 bits per heavy atom. The SMILES string of the molecule is [2H]N1CCN(C2COC2)CC1. The maximum Gasteiger partial charge on any atom is 0.122 e. The number of rotatable bonds is 1. The van der Waals surface area contributed by atoms with Gasteiger partial charge in [-0.3, -0.25) is 4.90 Å². The van der Waals surface area contributed by atoms with Crippen LogP contribution in [0.25, 0.3) is 0 Å². The maximum atomic E-state index is 7.35. The molecule has 0 unspecified atom stereocenters. The van der Waals surface area contributed by atoms with Crippen molar-refractivity contribution in [3.05, 3.63) is 0 Å². The molecule has 3 heteroatoms. The molecule has 2 fully saturated rings. The van der Waals surface area contributed by atoms with E-state index in [0.29, 0.717) is 6.04 Å². The van der Waals surface area contributed by atoms with Crippen LogP contribution in [0.4, 0.5) is 0 Å². The van der Waals surface area contributed by atoms with Gasteiger partial charge in [-0.05, 0) is 0 Å². The Bertz CT molecular complexity index is 132. The smallest absolute Gasteiger partial charge is 0.122 e. The number of ether oxygens (including phenoxy) is 1. The summed E-state index contributed by atoms with van der Waals surface area (Å²) in [6.07, 6.45) is 0. The van der Waals surface area contributed by atoms with Crippen LogP contribution in [0.2, 0.25) is 1.41 Å². The van der Waals surface area contributed by atoms with Crippen molar-refractivity contribution >= 4 is 0 Å². The summed E-state index contributed by atoms with van der Waals surface area (Å²) in [5, 5.41) is 1.63. The Labute approximate surface area is 62.8 Å². The zero-order valence-corrected chi connectivity index (χ0v) is 6.12. The van der Waals surface area contributed by atoms with E-state index >= 15 is 0 Å². The summed E-state index contributed by atoms with van der Waals surface area (Å²) in [5.74, 6) is 0. The largest absolute Gasteiger partial charge is 0.378 e. The van der Waals surface area contributed by atoms with Gasteiger partial charge in [0.25, 0.3) is 0 Å². The van der Waals surface area contributed by atoms with Crippen LogP contribution in [-0.4, -0.2) is 50.3 Å². The Morgan fingerprint density at radius 2 is 2.10 bits per heavy atom. The molecule has 1 N–H and O–H groups in total. The molecule has 0 aromatic carbocycles. The van der Waals surface area contributed by atoms with Gasteiger partial charge in [-0.25, -0.2) is 0 Å². The van der Waals surface area contributed by atoms with Crippen LogP contribution in [0, 0.1) is 0 Å². The number of nitrogens with one attached hydrogen (secondary N) is 1. The van der Waals surface area contributed by atoms with E-state index in [1.165, 1.54) is 0 Å². The molecule has 3 nitrogen and oxygen atoms in total. The highest BCUT2D eigenvalue weighted by Crippen LogP contribution is 2.09. The molecule has 10 heavy (non-hydrogen) atoms. The first kappa shape index (κ1) is 5.52. The normalized spacial score (nSPS) is 33.4. The summed E-state index contributed by atoms with van der Waals surface area (Å²) in [6, 6.07) is 0.656. The first-order valence-electron chi connectivity index (χ1n) is 4.36. The first-order valence-corrected chi connectivity index (χ1v) is 3.92. The highest BCUT2D eigenvalue weighted by atomic mass is 16.5. The van der Waals surface area contributed by atoms with Gasteiger partial charge in [0.15, 0.2) is 0 Å². The van der Waals surface area contributed by atoms with Gasteiger partial charge in [0, 0.05) is 26.2 Å². The summed E-state index contributed by atoms with van der Waals surface area (Å²) < 4.78 is 12.5. The molecule has 0 aliphatic carbocycles. The number of hydrogen-bond acceptors (Lipinski definition) is 3. The van der Waals surface area contributed by atoms with Crippen LogP contribution in [0.5, 0.6) is 0 Å². The van der Waals surface area contributed by atoms with Gasteiger partial charge in [0.2, 0.25) is 0 Å². The van der Waals surface area contributed by atoms with Crippen LogP contribution in [0.3, 0.4) is 0 Å². The molecule has 0 amide bonds. The Kier molecular flexibility index (Phi) is 1.58. The van der Waals surface area contributed by atoms with Gasteiger partial charge in [-0.2, -0.15) is 0 Å². The van der Waals surface area contributed by atoms with Gasteiger partial charge in [-0.15, -0.1) is 0 Å². The lowest BCUT2D eigenvalue weighted by Crippen LogP contribution is -2.55. The van der Waals surface area contributed by atoms with Crippen molar-refractivity contribution in [2.24, 2.45) is 0 Å². The van der Waals surface area contributed by atoms with Gasteiger partial charge in [0.05, 0.1) is 19.3 Å². The van der Waals surface area contributed by atoms with Gasteiger partial charge >= 0.3 is 0 Å². The number of nitrogens with zero attached hydrogens (tertiary/aromatic N) is 1. The summed E-state index contributed by atoms with van der Waals surface area (Å²) in [5.41, 5.74) is 0. The molecule has 0 saturated carbocycles. The second-order valence-corrected chi connectivity index (χ2v) is 2.90. The summed E-state index contributed by atoms with van der Waals surface area (Å²) >= 11 is 0. The molecule has 2 heterocycles. The van der Waals surface area contributed by atoms with Crippen LogP contribution < -0.4 is 5.31 Å². The van der Waals surface area contributed by atoms with E-state index < -0.39 is 0 Å². The molecular formula is C7H14N2O. The molecule has 2 aliphatic heterocycles. The van der Waals surface area contributed by atoms with Crippen molar-refractivity contribution in [3.8, 4) is 0 Å². The fourth-order valence-corrected chi connectivity index (χ4v) is 1.42. The zero-order chi connectivity index (χ0) is 7.68. The molecular weight excluding hydrogens is 128 g/mol. The Hall–Kier alpha value is -0.120. The average molecular weight is 143 g/mol. The minimum absolute atomic E-state index is 0.656. The van der Waals surface area contributed by atoms with Crippen molar-refractivity contribution in [2.45, 2.75) is 6.04 Å². The van der Waals surface area contributed by atoms with Gasteiger partial charge < -0.3 is 10.0 Å². The average Bonchev–Trinajstić information content (AvgIpc) is 1.90. The molecule has 0 spiro atoms. The quantitative estimate of drug-likeness (QED) is 0.525. The van der Waals surface area contributed by atoms with Crippen molar-refractivity contribution in [2.75, 3.05) is 39.4 Å². The van der Waals surface area contributed by atoms with Crippen molar-refractivity contribution in [1.82, 2.24) is 10.2 Å². The summed E-state index contributed by atoms with van der Waals surface area (Å²) in [4.78, 5) is 2.43. The maximum absolute atomic E-state index is 7.35. The second-order valence-electron chi connectivity index (χ2n) is 2.90. The Morgan fingerprint density at radius 3 is 2.60 bits per heavy atom. The zero-order valence-electron chi connectivity index (χ0n) is 7.12. The lowest BCUT2D eigenvalue weighted by Gasteiger charge is -2.39. The van der Waals surface area contributed by atoms with Crippen molar-refractivity contribution < 1.29 is 6.15 Å². The van der Waals surface area contributed by atoms with E-state index in [0.717, 1.165) is 39.4 Å². The third-order valence-electron chi connectivity index (χ3n) is 2.23. The van der Waals surface area contributed by atoms with Crippen LogP contribution in [-0.2, 0) is 4.74 Å². The molecule has 0 aromatic heterocycles. The monoisotopic (exact) mass is 143 g/mol. The lowest BCUT2D eigenvalue weighted by molar-refractivity contribution is -0.0677. The van der Waals surface area contributed by atoms with Gasteiger partial charge in [-0.1, -0.05) is 0 Å². The molecule has 0 radical (unpaired) electrons. The highest BCUT2D eigenvalue weighted by Gasteiger charge is 2.26. The van der Waals surface area contributed by atoms with Gasteiger partial charge in [0.1, 0.15) is 1.41 Å². The molecule has 2 saturated heterocycles. The second kappa shape index (κ2) is 2.86. The summed E-state index contributed by atoms with van der Waals surface area (Å²) in [7, 11) is 0. The van der Waals surface area contributed by atoms with E-state index in [9.17, 15) is 0 Å². The predicted molar refractivity (Wildman–Crippen MR) is 39.0 cm³/mol. The predicted octanol–water partition coefficient (Wildman–Crippen LogP) is -0.710. The summed E-state index contributed by atoms with van der Waals surface area (Å²) in [6.45, 7) is 5.65. The fraction of sp³-hybridized carbons (Fsp3) is 1.00. The molecule has 58 valence electrons. The minimum atomic E-state index is 0.656. The van der Waals surface area contributed by atoms with E-state index in [2.05, 4.69) is 4.90 Å². The van der Waals surface area contributed by atoms with Crippen LogP contribution in [0.15, 0.2) is 0 Å². The fourth-order valence-electron chi connectivity index (χ4n) is 1.42. The Balaban J connectivity index is 1.77. The topological polar surface area (TPSA) is 24.5 Å². The minimum Gasteiger partial charge on any atom is -0.378 e. The van der Waals surface area contributed by atoms with Crippen molar-refractivity contribution in [1.29, 1.82) is 0 Å². The molecule has 2 rings (SSSR count). The van der Waals surface area contributed by atoms with Crippen LogP contribution in [0.1, 0.15) is 0 Å². The molecule has 0 atom stereocenters. The van der Waals surface area contributed by atoms with E-state index in [-0.39, 0.29) is 0 Å². The van der Waals surface area contributed by atoms with E-state index in [1.54, 1.807) is 5.31 Å². The standard InChI is InChI=1S/C7H14N2O/c1-3-9(4-2-8-1)7-5-10-6-7/h7-8H,1-6H2/i/hD. The molecule has 0 bridgehead atoms. The molecule has 0 aromatic rings. The first-order chi connectivity index (χ1) is 5.36. The molecule has 2 aliphatic rings. The highest BCUT2D eigenvalue weighted by molar-refractivity contribution is 4.80. The third kappa shape index (κ3) is 1.17. The number of hydrogen-bond donors (Lipinski definition) is 1. The van der Waals surface area contributed by atoms with E-state index in [1.807, 2.05) is 0 Å². The number of piperazine rings is 1. The lowest BCUT2D eigenvalue weighted by atomic mass is 10.2. The van der Waals surface area contributed by atoms with E-state index in [4.69, 9.17) is 6.15 Å². The van der Waals surface area contributed by atoms with Crippen LogP contribution >= 0.6 is 0 Å².